The predicted octanol–water partition coefficient (Wildman–Crippen LogP) is 0.0768. The Kier molecular flexibility index (Phi) is 4.59. The van der Waals surface area contributed by atoms with Crippen LogP contribution in [-0.4, -0.2) is 50.1 Å². The van der Waals surface area contributed by atoms with Crippen LogP contribution in [0.25, 0.3) is 0 Å². The van der Waals surface area contributed by atoms with Crippen molar-refractivity contribution in [3.8, 4) is 0 Å². The van der Waals surface area contributed by atoms with Crippen LogP contribution >= 0.6 is 0 Å². The first kappa shape index (κ1) is 17.6. The number of rotatable bonds is 6. The standard InChI is InChI=1S/C13H16O9/c1-12(8(15)16,9(17)18)13(10(19)20,11(21)22)6-4-2-3-5-7(6)14/h6H,2-5H2,1H3,(H,15,16)(H,17,18)(H,19,20)(H,21,22). The molecule has 0 aromatic carbocycles. The van der Waals surface area contributed by atoms with Crippen molar-refractivity contribution in [3.05, 3.63) is 0 Å². The smallest absolute Gasteiger partial charge is 0.323 e. The van der Waals surface area contributed by atoms with Crippen molar-refractivity contribution >= 4 is 29.7 Å². The summed E-state index contributed by atoms with van der Waals surface area (Å²) in [5, 5.41) is 37.3. The van der Waals surface area contributed by atoms with E-state index >= 15 is 0 Å². The number of aliphatic carboxylic acids is 4. The Morgan fingerprint density at radius 2 is 1.36 bits per heavy atom. The van der Waals surface area contributed by atoms with Gasteiger partial charge in [0.1, 0.15) is 5.78 Å². The molecular formula is C13H16O9. The largest absolute Gasteiger partial charge is 0.480 e. The van der Waals surface area contributed by atoms with Gasteiger partial charge in [-0.1, -0.05) is 6.42 Å². The minimum absolute atomic E-state index is 0.109. The van der Waals surface area contributed by atoms with Gasteiger partial charge < -0.3 is 20.4 Å². The van der Waals surface area contributed by atoms with E-state index in [2.05, 4.69) is 0 Å². The number of carbonyl (C=O) groups is 5. The summed E-state index contributed by atoms with van der Waals surface area (Å²) in [6.45, 7) is 0.516. The van der Waals surface area contributed by atoms with Gasteiger partial charge in [0.15, 0.2) is 5.41 Å². The SMILES string of the molecule is CC(C(=O)O)(C(=O)O)C(C(=O)O)(C(=O)O)C1CCCCC1=O. The van der Waals surface area contributed by atoms with E-state index in [-0.39, 0.29) is 12.8 Å². The zero-order chi connectivity index (χ0) is 17.3. The number of carbonyl (C=O) groups excluding carboxylic acids is 1. The fourth-order valence-electron chi connectivity index (χ4n) is 3.04. The second-order valence-electron chi connectivity index (χ2n) is 5.42. The molecule has 1 aliphatic carbocycles. The molecule has 1 unspecified atom stereocenters. The molecule has 1 saturated carbocycles. The molecule has 22 heavy (non-hydrogen) atoms. The maximum Gasteiger partial charge on any atom is 0.323 e. The molecule has 0 saturated heterocycles. The van der Waals surface area contributed by atoms with Crippen molar-refractivity contribution in [2.45, 2.75) is 32.6 Å². The van der Waals surface area contributed by atoms with E-state index in [1.54, 1.807) is 0 Å². The van der Waals surface area contributed by atoms with Crippen LogP contribution in [0.1, 0.15) is 32.6 Å². The maximum atomic E-state index is 12.0. The molecule has 9 nitrogen and oxygen atoms in total. The van der Waals surface area contributed by atoms with Crippen LogP contribution in [0.4, 0.5) is 0 Å². The van der Waals surface area contributed by atoms with Gasteiger partial charge in [-0.2, -0.15) is 0 Å². The summed E-state index contributed by atoms with van der Waals surface area (Å²) in [7, 11) is 0. The van der Waals surface area contributed by atoms with Gasteiger partial charge in [0.25, 0.3) is 0 Å². The van der Waals surface area contributed by atoms with Crippen molar-refractivity contribution in [3.63, 3.8) is 0 Å². The highest BCUT2D eigenvalue weighted by Crippen LogP contribution is 2.50. The Morgan fingerprint density at radius 1 is 0.909 bits per heavy atom. The summed E-state index contributed by atoms with van der Waals surface area (Å²) in [6, 6.07) is 0. The van der Waals surface area contributed by atoms with E-state index in [9.17, 15) is 44.4 Å². The zero-order valence-corrected chi connectivity index (χ0v) is 11.7. The number of Topliss-reactive ketones (excluding diaryl/α,β-unsaturated/α-hetero) is 1. The monoisotopic (exact) mass is 316 g/mol. The average molecular weight is 316 g/mol. The lowest BCUT2D eigenvalue weighted by Crippen LogP contribution is -2.64. The number of ketones is 1. The topological polar surface area (TPSA) is 166 Å². The Balaban J connectivity index is 3.76. The average Bonchev–Trinajstić information content (AvgIpc) is 2.39. The number of hydrogen-bond acceptors (Lipinski definition) is 5. The van der Waals surface area contributed by atoms with Crippen molar-refractivity contribution in [2.24, 2.45) is 16.7 Å². The summed E-state index contributed by atoms with van der Waals surface area (Å²) < 4.78 is 0. The number of carboxylic acid groups (broad SMARTS) is 4. The van der Waals surface area contributed by atoms with E-state index in [1.807, 2.05) is 0 Å². The first-order valence-corrected chi connectivity index (χ1v) is 6.50. The van der Waals surface area contributed by atoms with E-state index in [4.69, 9.17) is 0 Å². The molecule has 1 aliphatic rings. The highest BCUT2D eigenvalue weighted by Gasteiger charge is 2.73. The van der Waals surface area contributed by atoms with E-state index < -0.39 is 46.4 Å². The van der Waals surface area contributed by atoms with Gasteiger partial charge in [0.2, 0.25) is 5.41 Å². The van der Waals surface area contributed by atoms with E-state index in [0.717, 1.165) is 0 Å². The van der Waals surface area contributed by atoms with Gasteiger partial charge >= 0.3 is 23.9 Å². The fraction of sp³-hybridized carbons (Fsp3) is 0.615. The normalized spacial score (nSPS) is 19.5. The molecule has 9 heteroatoms. The summed E-state index contributed by atoms with van der Waals surface area (Å²) in [5.74, 6) is -11.0. The van der Waals surface area contributed by atoms with E-state index in [0.29, 0.717) is 19.8 Å². The van der Waals surface area contributed by atoms with Crippen LogP contribution in [0.5, 0.6) is 0 Å². The molecule has 1 atom stereocenters. The van der Waals surface area contributed by atoms with Crippen LogP contribution in [0.3, 0.4) is 0 Å². The molecule has 0 heterocycles. The van der Waals surface area contributed by atoms with Crippen LogP contribution in [0, 0.1) is 16.7 Å². The Morgan fingerprint density at radius 3 is 1.68 bits per heavy atom. The molecule has 122 valence electrons. The molecule has 0 aromatic heterocycles. The van der Waals surface area contributed by atoms with E-state index in [1.165, 1.54) is 0 Å². The van der Waals surface area contributed by atoms with Gasteiger partial charge in [-0.25, -0.2) is 0 Å². The molecule has 0 spiro atoms. The first-order chi connectivity index (χ1) is 10.0. The second kappa shape index (κ2) is 5.74. The van der Waals surface area contributed by atoms with Crippen molar-refractivity contribution in [1.29, 1.82) is 0 Å². The molecule has 1 rings (SSSR count). The lowest BCUT2D eigenvalue weighted by Gasteiger charge is -2.42. The van der Waals surface area contributed by atoms with Gasteiger partial charge in [-0.05, 0) is 19.8 Å². The molecule has 0 radical (unpaired) electrons. The third kappa shape index (κ3) is 2.13. The van der Waals surface area contributed by atoms with Crippen molar-refractivity contribution in [2.75, 3.05) is 0 Å². The molecule has 0 aromatic rings. The van der Waals surface area contributed by atoms with Crippen LogP contribution in [-0.2, 0) is 24.0 Å². The zero-order valence-electron chi connectivity index (χ0n) is 11.7. The summed E-state index contributed by atoms with van der Waals surface area (Å²) in [5.41, 5.74) is -6.47. The van der Waals surface area contributed by atoms with Crippen molar-refractivity contribution in [1.82, 2.24) is 0 Å². The van der Waals surface area contributed by atoms with Gasteiger partial charge in [0.05, 0.1) is 0 Å². The maximum absolute atomic E-state index is 12.0. The quantitative estimate of drug-likeness (QED) is 0.496. The molecule has 0 bridgehead atoms. The molecule has 0 aliphatic heterocycles. The van der Waals surface area contributed by atoms with Crippen LogP contribution in [0.2, 0.25) is 0 Å². The molecular weight excluding hydrogens is 300 g/mol. The molecule has 4 N–H and O–H groups in total. The third-order valence-electron chi connectivity index (χ3n) is 4.40. The van der Waals surface area contributed by atoms with Gasteiger partial charge in [-0.15, -0.1) is 0 Å². The Bertz CT molecular complexity index is 520. The number of hydrogen-bond donors (Lipinski definition) is 4. The molecule has 1 fully saturated rings. The van der Waals surface area contributed by atoms with Crippen molar-refractivity contribution < 1.29 is 44.4 Å². The minimum Gasteiger partial charge on any atom is -0.480 e. The van der Waals surface area contributed by atoms with Gasteiger partial charge in [0, 0.05) is 12.3 Å². The highest BCUT2D eigenvalue weighted by atomic mass is 16.4. The van der Waals surface area contributed by atoms with Gasteiger partial charge in [-0.3, -0.25) is 24.0 Å². The fourth-order valence-corrected chi connectivity index (χ4v) is 3.04. The second-order valence-corrected chi connectivity index (χ2v) is 5.42. The predicted molar refractivity (Wildman–Crippen MR) is 68.0 cm³/mol. The highest BCUT2D eigenvalue weighted by molar-refractivity contribution is 6.15. The lowest BCUT2D eigenvalue weighted by molar-refractivity contribution is -0.200. The summed E-state index contributed by atoms with van der Waals surface area (Å²) >= 11 is 0. The summed E-state index contributed by atoms with van der Waals surface area (Å²) in [6.07, 6.45) is 0.436. The minimum atomic E-state index is -3.28. The third-order valence-corrected chi connectivity index (χ3v) is 4.40. The summed E-state index contributed by atoms with van der Waals surface area (Å²) in [4.78, 5) is 58.3. The Labute approximate surface area is 124 Å². The van der Waals surface area contributed by atoms with Crippen LogP contribution in [0.15, 0.2) is 0 Å². The number of carboxylic acids is 4. The Hall–Kier alpha value is -2.45. The first-order valence-electron chi connectivity index (χ1n) is 6.50. The lowest BCUT2D eigenvalue weighted by atomic mass is 9.54. The van der Waals surface area contributed by atoms with Crippen LogP contribution < -0.4 is 0 Å². The molecule has 0 amide bonds.